The van der Waals surface area contributed by atoms with Gasteiger partial charge >= 0.3 is 0 Å². The van der Waals surface area contributed by atoms with Gasteiger partial charge in [-0.2, -0.15) is 0 Å². The van der Waals surface area contributed by atoms with Crippen molar-refractivity contribution in [2.45, 2.75) is 18.8 Å². The smallest absolute Gasteiger partial charge is 0.139 e. The van der Waals surface area contributed by atoms with E-state index in [1.807, 2.05) is 23.6 Å². The van der Waals surface area contributed by atoms with E-state index in [1.165, 1.54) is 6.07 Å². The van der Waals surface area contributed by atoms with Gasteiger partial charge in [-0.25, -0.2) is 9.37 Å². The summed E-state index contributed by atoms with van der Waals surface area (Å²) < 4.78 is 16.1. The van der Waals surface area contributed by atoms with Gasteiger partial charge in [0, 0.05) is 25.0 Å². The van der Waals surface area contributed by atoms with Crippen LogP contribution in [0.4, 0.5) is 4.39 Å². The van der Waals surface area contributed by atoms with E-state index in [-0.39, 0.29) is 11.2 Å². The minimum absolute atomic E-state index is 0.263. The van der Waals surface area contributed by atoms with E-state index in [9.17, 15) is 4.39 Å². The van der Waals surface area contributed by atoms with Crippen molar-refractivity contribution in [1.82, 2.24) is 14.5 Å². The predicted molar refractivity (Wildman–Crippen MR) is 85.0 cm³/mol. The van der Waals surface area contributed by atoms with Crippen LogP contribution in [-0.2, 0) is 6.54 Å². The summed E-state index contributed by atoms with van der Waals surface area (Å²) in [5.74, 6) is 0.394. The lowest BCUT2D eigenvalue weighted by Crippen LogP contribution is -2.05. The van der Waals surface area contributed by atoms with Gasteiger partial charge < -0.3 is 4.57 Å². The van der Waals surface area contributed by atoms with Crippen LogP contribution in [0.15, 0.2) is 41.1 Å². The SMILES string of the molecule is CC(Cl)c1nc2cc(F)c(Br)cc2n1Cc1ccncc1. The summed E-state index contributed by atoms with van der Waals surface area (Å²) in [6.07, 6.45) is 3.49. The van der Waals surface area contributed by atoms with Gasteiger partial charge in [-0.05, 0) is 46.6 Å². The first-order valence-corrected chi connectivity index (χ1v) is 7.67. The molecule has 3 aromatic rings. The molecule has 0 aliphatic carbocycles. The molecule has 0 N–H and O–H groups in total. The summed E-state index contributed by atoms with van der Waals surface area (Å²) in [5.41, 5.74) is 2.54. The number of fused-ring (bicyclic) bond motifs is 1. The third kappa shape index (κ3) is 2.80. The maximum absolute atomic E-state index is 13.7. The van der Waals surface area contributed by atoms with Crippen LogP contribution in [0.25, 0.3) is 11.0 Å². The molecule has 0 aliphatic heterocycles. The van der Waals surface area contributed by atoms with E-state index in [1.54, 1.807) is 18.5 Å². The van der Waals surface area contributed by atoms with Crippen LogP contribution < -0.4 is 0 Å². The van der Waals surface area contributed by atoms with Crippen molar-refractivity contribution < 1.29 is 4.39 Å². The van der Waals surface area contributed by atoms with Crippen LogP contribution in [0.3, 0.4) is 0 Å². The lowest BCUT2D eigenvalue weighted by atomic mass is 10.2. The number of hydrogen-bond acceptors (Lipinski definition) is 2. The highest BCUT2D eigenvalue weighted by Crippen LogP contribution is 2.29. The topological polar surface area (TPSA) is 30.7 Å². The zero-order valence-electron chi connectivity index (χ0n) is 11.2. The molecule has 108 valence electrons. The molecule has 1 unspecified atom stereocenters. The molecule has 3 nitrogen and oxygen atoms in total. The normalized spacial score (nSPS) is 12.8. The lowest BCUT2D eigenvalue weighted by Gasteiger charge is -2.10. The molecule has 1 atom stereocenters. The van der Waals surface area contributed by atoms with Gasteiger partial charge in [-0.15, -0.1) is 11.6 Å². The molecule has 0 bridgehead atoms. The van der Waals surface area contributed by atoms with E-state index in [2.05, 4.69) is 25.9 Å². The summed E-state index contributed by atoms with van der Waals surface area (Å²) in [4.78, 5) is 8.48. The van der Waals surface area contributed by atoms with Crippen LogP contribution >= 0.6 is 27.5 Å². The van der Waals surface area contributed by atoms with Crippen molar-refractivity contribution in [2.24, 2.45) is 0 Å². The Morgan fingerprint density at radius 2 is 2.05 bits per heavy atom. The summed E-state index contributed by atoms with van der Waals surface area (Å²) in [5, 5.41) is -0.263. The highest BCUT2D eigenvalue weighted by Gasteiger charge is 2.17. The fourth-order valence-electron chi connectivity index (χ4n) is 2.28. The zero-order valence-corrected chi connectivity index (χ0v) is 13.6. The standard InChI is InChI=1S/C15H12BrClFN3/c1-9(17)15-20-13-7-12(18)11(16)6-14(13)21(15)8-10-2-4-19-5-3-10/h2-7,9H,8H2,1H3. The van der Waals surface area contributed by atoms with Gasteiger partial charge in [0.1, 0.15) is 11.6 Å². The molecular weight excluding hydrogens is 357 g/mol. The van der Waals surface area contributed by atoms with Crippen molar-refractivity contribution in [3.8, 4) is 0 Å². The number of hydrogen-bond donors (Lipinski definition) is 0. The minimum Gasteiger partial charge on any atom is -0.322 e. The van der Waals surface area contributed by atoms with Crippen molar-refractivity contribution in [3.05, 3.63) is 58.3 Å². The second kappa shape index (κ2) is 5.73. The Balaban J connectivity index is 2.18. The number of halogens is 3. The first-order valence-electron chi connectivity index (χ1n) is 6.44. The Morgan fingerprint density at radius 1 is 1.33 bits per heavy atom. The first-order chi connectivity index (χ1) is 10.1. The molecule has 0 amide bonds. The van der Waals surface area contributed by atoms with E-state index in [0.29, 0.717) is 16.5 Å². The Morgan fingerprint density at radius 3 is 2.71 bits per heavy atom. The zero-order chi connectivity index (χ0) is 15.0. The van der Waals surface area contributed by atoms with Gasteiger partial charge in [0.25, 0.3) is 0 Å². The molecule has 6 heteroatoms. The van der Waals surface area contributed by atoms with Crippen LogP contribution in [-0.4, -0.2) is 14.5 Å². The van der Waals surface area contributed by atoms with E-state index in [4.69, 9.17) is 11.6 Å². The molecule has 3 rings (SSSR count). The highest BCUT2D eigenvalue weighted by atomic mass is 79.9. The number of aromatic nitrogens is 3. The average molecular weight is 369 g/mol. The first kappa shape index (κ1) is 14.5. The third-order valence-corrected chi connectivity index (χ3v) is 4.07. The molecule has 0 radical (unpaired) electrons. The molecule has 0 spiro atoms. The van der Waals surface area contributed by atoms with Crippen molar-refractivity contribution in [3.63, 3.8) is 0 Å². The molecule has 0 saturated carbocycles. The summed E-state index contributed by atoms with van der Waals surface area (Å²) in [6, 6.07) is 7.03. The molecule has 2 aromatic heterocycles. The molecule has 0 aliphatic rings. The monoisotopic (exact) mass is 367 g/mol. The van der Waals surface area contributed by atoms with Crippen molar-refractivity contribution in [2.75, 3.05) is 0 Å². The number of rotatable bonds is 3. The van der Waals surface area contributed by atoms with Crippen LogP contribution in [0.2, 0.25) is 0 Å². The van der Waals surface area contributed by atoms with Crippen molar-refractivity contribution in [1.29, 1.82) is 0 Å². The average Bonchev–Trinajstić information content (AvgIpc) is 2.79. The summed E-state index contributed by atoms with van der Waals surface area (Å²) >= 11 is 9.45. The van der Waals surface area contributed by atoms with Crippen LogP contribution in [0, 0.1) is 5.82 Å². The number of imidazole rings is 1. The van der Waals surface area contributed by atoms with Gasteiger partial charge in [-0.1, -0.05) is 0 Å². The Labute approximate surface area is 134 Å². The Hall–Kier alpha value is -1.46. The molecule has 1 aromatic carbocycles. The maximum Gasteiger partial charge on any atom is 0.139 e. The van der Waals surface area contributed by atoms with Gasteiger partial charge in [0.2, 0.25) is 0 Å². The fourth-order valence-corrected chi connectivity index (χ4v) is 2.78. The van der Waals surface area contributed by atoms with Gasteiger partial charge in [0.15, 0.2) is 0 Å². The second-order valence-electron chi connectivity index (χ2n) is 4.78. The molecule has 2 heterocycles. The number of alkyl halides is 1. The second-order valence-corrected chi connectivity index (χ2v) is 6.29. The maximum atomic E-state index is 13.7. The minimum atomic E-state index is -0.329. The van der Waals surface area contributed by atoms with E-state index in [0.717, 1.165) is 16.9 Å². The molecular formula is C15H12BrClFN3. The van der Waals surface area contributed by atoms with Crippen LogP contribution in [0.1, 0.15) is 23.7 Å². The Kier molecular flexibility index (Phi) is 3.95. The number of nitrogens with zero attached hydrogens (tertiary/aromatic N) is 3. The largest absolute Gasteiger partial charge is 0.322 e. The predicted octanol–water partition coefficient (Wildman–Crippen LogP) is 4.68. The third-order valence-electron chi connectivity index (χ3n) is 3.27. The summed E-state index contributed by atoms with van der Waals surface area (Å²) in [6.45, 7) is 2.47. The molecule has 0 saturated heterocycles. The highest BCUT2D eigenvalue weighted by molar-refractivity contribution is 9.10. The van der Waals surface area contributed by atoms with Gasteiger partial charge in [-0.3, -0.25) is 4.98 Å². The quantitative estimate of drug-likeness (QED) is 0.628. The molecule has 21 heavy (non-hydrogen) atoms. The fraction of sp³-hybridized carbons (Fsp3) is 0.200. The number of pyridine rings is 1. The van der Waals surface area contributed by atoms with E-state index >= 15 is 0 Å². The lowest BCUT2D eigenvalue weighted by molar-refractivity contribution is 0.622. The van der Waals surface area contributed by atoms with Crippen LogP contribution in [0.5, 0.6) is 0 Å². The van der Waals surface area contributed by atoms with E-state index < -0.39 is 0 Å². The van der Waals surface area contributed by atoms with Crippen molar-refractivity contribution >= 4 is 38.6 Å². The number of benzene rings is 1. The molecule has 0 fully saturated rings. The summed E-state index contributed by atoms with van der Waals surface area (Å²) in [7, 11) is 0. The Bertz CT molecular complexity index is 786. The van der Waals surface area contributed by atoms with Gasteiger partial charge in [0.05, 0.1) is 20.9 Å².